The number of phenolic OH excluding ortho intramolecular Hbond substituents is 2. The Morgan fingerprint density at radius 2 is 1.52 bits per heavy atom. The molecule has 0 aliphatic heterocycles. The number of hydrogen-bond acceptors (Lipinski definition) is 13. The molecule has 0 fully saturated rings. The van der Waals surface area contributed by atoms with Crippen LogP contribution in [0.1, 0.15) is 64.1 Å². The topological polar surface area (TPSA) is 291 Å². The summed E-state index contributed by atoms with van der Waals surface area (Å²) in [5.74, 6) is -3.29. The molecule has 7 aromatic rings. The number of aliphatic carboxylic acids is 1. The number of rotatable bonds is 17. The van der Waals surface area contributed by atoms with Crippen molar-refractivity contribution in [1.29, 1.82) is 0 Å². The van der Waals surface area contributed by atoms with E-state index in [0.717, 1.165) is 17.7 Å². The molecule has 0 aliphatic carbocycles. The Balaban J connectivity index is 0.868. The monoisotopic (exact) mass is 854 g/mol. The van der Waals surface area contributed by atoms with E-state index in [-0.39, 0.29) is 58.8 Å². The Morgan fingerprint density at radius 1 is 0.825 bits per heavy atom. The van der Waals surface area contributed by atoms with Gasteiger partial charge in [0.15, 0.2) is 17.0 Å². The highest BCUT2D eigenvalue weighted by Crippen LogP contribution is 2.41. The van der Waals surface area contributed by atoms with Gasteiger partial charge in [-0.15, -0.1) is 0 Å². The first-order valence-electron chi connectivity index (χ1n) is 20.0. The molecule has 10 N–H and O–H groups in total. The van der Waals surface area contributed by atoms with E-state index >= 15 is 0 Å². The summed E-state index contributed by atoms with van der Waals surface area (Å²) < 4.78 is 5.99. The van der Waals surface area contributed by atoms with Gasteiger partial charge in [-0.1, -0.05) is 18.6 Å². The molecule has 7 rings (SSSR count). The van der Waals surface area contributed by atoms with E-state index in [4.69, 9.17) is 15.9 Å². The Kier molecular flexibility index (Phi) is 12.7. The summed E-state index contributed by atoms with van der Waals surface area (Å²) in [6.45, 7) is 0.699. The second-order valence-electron chi connectivity index (χ2n) is 15.0. The zero-order valence-corrected chi connectivity index (χ0v) is 34.0. The van der Waals surface area contributed by atoms with Crippen molar-refractivity contribution in [2.45, 2.75) is 51.1 Å². The number of carboxylic acid groups (broad SMARTS) is 2. The predicted octanol–water partition coefficient (Wildman–Crippen LogP) is 5.67. The number of carbonyl (C=O) groups excluding carboxylic acids is 2. The number of amides is 2. The van der Waals surface area contributed by atoms with Crippen LogP contribution in [0.15, 0.2) is 89.5 Å². The van der Waals surface area contributed by atoms with Crippen LogP contribution in [0.2, 0.25) is 0 Å². The number of aromatic nitrogens is 4. The highest BCUT2D eigenvalue weighted by Gasteiger charge is 2.25. The van der Waals surface area contributed by atoms with Crippen LogP contribution in [-0.4, -0.2) is 83.7 Å². The van der Waals surface area contributed by atoms with E-state index in [1.54, 1.807) is 54.7 Å². The van der Waals surface area contributed by atoms with E-state index in [1.807, 2.05) is 18.0 Å². The average molecular weight is 855 g/mol. The normalized spacial score (nSPS) is 11.7. The molecule has 0 bridgehead atoms. The van der Waals surface area contributed by atoms with Crippen molar-refractivity contribution in [3.05, 3.63) is 107 Å². The fourth-order valence-corrected chi connectivity index (χ4v) is 7.28. The number of nitrogens with zero attached hydrogens (tertiary/aromatic N) is 5. The SMILES string of the molecule is CN(Cc1cnc2nc(N)nc(N)c2n1)c1ccc(C(=O)NC(CCC(=O)NCCCCCc2ccc(-c3c4cc(O)ccc4[o+]c4ccc(O)cc34)c(C(=O)O)c2)C(=O)O)cc1. The maximum absolute atomic E-state index is 13.0. The van der Waals surface area contributed by atoms with E-state index in [9.17, 15) is 39.6 Å². The smallest absolute Gasteiger partial charge is 0.361 e. The maximum Gasteiger partial charge on any atom is 0.361 e. The number of aromatic hydroxyl groups is 2. The first-order chi connectivity index (χ1) is 30.2. The number of aryl methyl sites for hydroxylation is 1. The number of nitrogen functional groups attached to an aromatic ring is 2. The molecule has 0 radical (unpaired) electrons. The molecule has 3 heterocycles. The van der Waals surface area contributed by atoms with Gasteiger partial charge in [-0.2, -0.15) is 9.97 Å². The van der Waals surface area contributed by atoms with Crippen LogP contribution in [0, 0.1) is 0 Å². The molecular formula is C45H44N9O9+. The number of hydrogen-bond donors (Lipinski definition) is 8. The molecule has 2 amide bonds. The zero-order chi connectivity index (χ0) is 44.8. The van der Waals surface area contributed by atoms with E-state index in [0.29, 0.717) is 76.6 Å². The third kappa shape index (κ3) is 10.1. The van der Waals surface area contributed by atoms with Crippen molar-refractivity contribution in [2.75, 3.05) is 30.0 Å². The van der Waals surface area contributed by atoms with Gasteiger partial charge in [0, 0.05) is 49.0 Å². The second kappa shape index (κ2) is 18.6. The fraction of sp³-hybridized carbons (Fsp3) is 0.222. The summed E-state index contributed by atoms with van der Waals surface area (Å²) in [5, 5.41) is 46.9. The Bertz CT molecular complexity index is 2830. The van der Waals surface area contributed by atoms with E-state index < -0.39 is 23.9 Å². The van der Waals surface area contributed by atoms with Gasteiger partial charge < -0.3 is 47.4 Å². The Labute approximate surface area is 359 Å². The summed E-state index contributed by atoms with van der Waals surface area (Å²) in [5.41, 5.74) is 16.4. The third-order valence-corrected chi connectivity index (χ3v) is 10.5. The van der Waals surface area contributed by atoms with Gasteiger partial charge in [-0.3, -0.25) is 9.59 Å². The lowest BCUT2D eigenvalue weighted by atomic mass is 9.91. The molecule has 1 unspecified atom stereocenters. The van der Waals surface area contributed by atoms with Crippen molar-refractivity contribution in [3.8, 4) is 22.6 Å². The number of carboxylic acids is 2. The summed E-state index contributed by atoms with van der Waals surface area (Å²) in [7, 11) is 1.82. The van der Waals surface area contributed by atoms with Crippen LogP contribution in [-0.2, 0) is 22.6 Å². The molecule has 18 nitrogen and oxygen atoms in total. The predicted molar refractivity (Wildman–Crippen MR) is 235 cm³/mol. The van der Waals surface area contributed by atoms with Crippen molar-refractivity contribution in [2.24, 2.45) is 0 Å². The molecule has 63 heavy (non-hydrogen) atoms. The van der Waals surface area contributed by atoms with Crippen LogP contribution in [0.5, 0.6) is 11.5 Å². The Hall–Kier alpha value is -8.15. The van der Waals surface area contributed by atoms with Gasteiger partial charge in [0.2, 0.25) is 11.9 Å². The van der Waals surface area contributed by atoms with E-state index in [2.05, 4.69) is 30.6 Å². The maximum atomic E-state index is 13.0. The van der Waals surface area contributed by atoms with Gasteiger partial charge >= 0.3 is 23.1 Å². The number of nitrogens with two attached hydrogens (primary N) is 2. The van der Waals surface area contributed by atoms with Crippen LogP contribution in [0.4, 0.5) is 17.5 Å². The van der Waals surface area contributed by atoms with Gasteiger partial charge in [0.05, 0.1) is 34.8 Å². The third-order valence-electron chi connectivity index (χ3n) is 10.5. The number of carbonyl (C=O) groups is 4. The minimum Gasteiger partial charge on any atom is -0.508 e. The summed E-state index contributed by atoms with van der Waals surface area (Å²) in [6, 6.07) is 19.6. The van der Waals surface area contributed by atoms with Gasteiger partial charge in [0.25, 0.3) is 5.91 Å². The van der Waals surface area contributed by atoms with Gasteiger partial charge in [0.1, 0.15) is 17.5 Å². The molecule has 322 valence electrons. The first kappa shape index (κ1) is 43.0. The van der Waals surface area contributed by atoms with Crippen molar-refractivity contribution < 1.29 is 44.0 Å². The van der Waals surface area contributed by atoms with Crippen LogP contribution in [0.3, 0.4) is 0 Å². The Morgan fingerprint density at radius 3 is 2.19 bits per heavy atom. The lowest BCUT2D eigenvalue weighted by Crippen LogP contribution is -2.41. The standard InChI is InChI=1S/C45H43N9O9/c1-54(23-26-22-49-41-39(50-26)40(46)52-45(47)53-41)27-9-7-25(8-10-27)42(58)51-34(44(61)62)14-17-37(57)48-18-4-2-3-5-24-6-13-30(31(19-24)43(59)60)38-32-20-28(55)11-15-35(32)63-36-16-12-29(56)21-33(36)38/h6-13,15-16,19-22,34H,2-5,14,17-18,23H2,1H3,(H9-,46,47,48,49,51,52,53,55,56,57,58,59,60,61,62)/p+1. The molecular weight excluding hydrogens is 811 g/mol. The number of unbranched alkanes of at least 4 members (excludes halogenated alkanes) is 2. The number of benzene rings is 4. The number of anilines is 3. The fourth-order valence-electron chi connectivity index (χ4n) is 7.28. The van der Waals surface area contributed by atoms with Crippen LogP contribution >= 0.6 is 0 Å². The quantitative estimate of drug-likeness (QED) is 0.0311. The van der Waals surface area contributed by atoms with Crippen LogP contribution in [0.25, 0.3) is 44.2 Å². The summed E-state index contributed by atoms with van der Waals surface area (Å²) in [4.78, 5) is 68.8. The second-order valence-corrected chi connectivity index (χ2v) is 15.0. The van der Waals surface area contributed by atoms with Gasteiger partial charge in [-0.05, 0) is 91.4 Å². The molecule has 0 aliphatic rings. The van der Waals surface area contributed by atoms with Crippen molar-refractivity contribution in [3.63, 3.8) is 0 Å². The number of phenols is 2. The molecule has 1 atom stereocenters. The molecule has 18 heteroatoms. The molecule has 4 aromatic carbocycles. The first-order valence-corrected chi connectivity index (χ1v) is 20.0. The van der Waals surface area contributed by atoms with Crippen molar-refractivity contribution in [1.82, 2.24) is 30.6 Å². The van der Waals surface area contributed by atoms with Gasteiger partial charge in [-0.25, -0.2) is 24.0 Å². The van der Waals surface area contributed by atoms with E-state index in [1.165, 1.54) is 24.3 Å². The number of fused-ring (bicyclic) bond motifs is 3. The number of nitrogens with one attached hydrogen (secondary N) is 2. The highest BCUT2D eigenvalue weighted by atomic mass is 16.4. The molecule has 3 aromatic heterocycles. The average Bonchev–Trinajstić information content (AvgIpc) is 3.25. The molecule has 0 saturated carbocycles. The largest absolute Gasteiger partial charge is 0.508 e. The molecule has 0 saturated heterocycles. The minimum absolute atomic E-state index is 0.000551. The van der Waals surface area contributed by atoms with Crippen molar-refractivity contribution >= 4 is 74.3 Å². The van der Waals surface area contributed by atoms with Crippen LogP contribution < -0.4 is 27.0 Å². The summed E-state index contributed by atoms with van der Waals surface area (Å²) in [6.07, 6.45) is 3.95. The minimum atomic E-state index is -1.29. The lowest BCUT2D eigenvalue weighted by molar-refractivity contribution is -0.139. The summed E-state index contributed by atoms with van der Waals surface area (Å²) >= 11 is 0. The zero-order valence-electron chi connectivity index (χ0n) is 34.0. The molecule has 0 spiro atoms. The number of aromatic carboxylic acids is 1. The lowest BCUT2D eigenvalue weighted by Gasteiger charge is -2.19. The highest BCUT2D eigenvalue weighted by molar-refractivity contribution is 6.12.